The van der Waals surface area contributed by atoms with Gasteiger partial charge in [-0.05, 0) is 23.8 Å². The number of carbonyl (C=O) groups is 1. The zero-order valence-corrected chi connectivity index (χ0v) is 11.2. The summed E-state index contributed by atoms with van der Waals surface area (Å²) in [7, 11) is 1.17. The number of nitrogens with zero attached hydrogens (tertiary/aromatic N) is 2. The van der Waals surface area contributed by atoms with Crippen molar-refractivity contribution in [1.29, 1.82) is 5.26 Å². The van der Waals surface area contributed by atoms with E-state index in [0.29, 0.717) is 16.1 Å². The van der Waals surface area contributed by atoms with Crippen molar-refractivity contribution in [2.24, 2.45) is 0 Å². The van der Waals surface area contributed by atoms with Crippen LogP contribution in [0.4, 0.5) is 0 Å². The van der Waals surface area contributed by atoms with Gasteiger partial charge in [0.2, 0.25) is 0 Å². The second-order valence-electron chi connectivity index (χ2n) is 3.87. The number of methoxy groups -OCH3 is 1. The summed E-state index contributed by atoms with van der Waals surface area (Å²) in [6.07, 6.45) is 0. The standard InChI is InChI=1S/C14H9ClN2O3/c1-20-14(19)13-12(18)6-10(11(7-16)17-13)8-3-2-4-9(15)5-8/h2-6,18H,1H3. The van der Waals surface area contributed by atoms with Gasteiger partial charge in [0, 0.05) is 10.6 Å². The van der Waals surface area contributed by atoms with Crippen LogP contribution in [0.3, 0.4) is 0 Å². The Hall–Kier alpha value is -2.58. The Morgan fingerprint density at radius 3 is 2.80 bits per heavy atom. The Morgan fingerprint density at radius 1 is 1.45 bits per heavy atom. The van der Waals surface area contributed by atoms with Crippen LogP contribution in [-0.4, -0.2) is 23.2 Å². The van der Waals surface area contributed by atoms with Gasteiger partial charge in [-0.15, -0.1) is 0 Å². The number of aromatic hydroxyl groups is 1. The average Bonchev–Trinajstić information content (AvgIpc) is 2.46. The van der Waals surface area contributed by atoms with Crippen LogP contribution in [0.25, 0.3) is 11.1 Å². The number of esters is 1. The van der Waals surface area contributed by atoms with Gasteiger partial charge < -0.3 is 9.84 Å². The number of nitriles is 1. The van der Waals surface area contributed by atoms with E-state index in [9.17, 15) is 9.90 Å². The monoisotopic (exact) mass is 288 g/mol. The molecule has 1 aromatic carbocycles. The molecular formula is C14H9ClN2O3. The molecular weight excluding hydrogens is 280 g/mol. The zero-order valence-electron chi connectivity index (χ0n) is 10.4. The highest BCUT2D eigenvalue weighted by Gasteiger charge is 2.18. The van der Waals surface area contributed by atoms with E-state index < -0.39 is 5.97 Å². The predicted molar refractivity (Wildman–Crippen MR) is 72.4 cm³/mol. The van der Waals surface area contributed by atoms with Gasteiger partial charge >= 0.3 is 5.97 Å². The minimum Gasteiger partial charge on any atom is -0.505 e. The van der Waals surface area contributed by atoms with Crippen molar-refractivity contribution in [2.75, 3.05) is 7.11 Å². The summed E-state index contributed by atoms with van der Waals surface area (Å²) in [4.78, 5) is 15.3. The van der Waals surface area contributed by atoms with Crippen molar-refractivity contribution in [3.63, 3.8) is 0 Å². The van der Waals surface area contributed by atoms with E-state index in [1.807, 2.05) is 6.07 Å². The number of rotatable bonds is 2. The maximum absolute atomic E-state index is 11.4. The lowest BCUT2D eigenvalue weighted by atomic mass is 10.0. The minimum atomic E-state index is -0.809. The lowest BCUT2D eigenvalue weighted by molar-refractivity contribution is 0.0590. The Bertz CT molecular complexity index is 723. The van der Waals surface area contributed by atoms with Gasteiger partial charge in [0.15, 0.2) is 5.69 Å². The van der Waals surface area contributed by atoms with Crippen molar-refractivity contribution in [3.05, 3.63) is 46.7 Å². The number of hydrogen-bond acceptors (Lipinski definition) is 5. The fourth-order valence-electron chi connectivity index (χ4n) is 1.71. The third kappa shape index (κ3) is 2.56. The van der Waals surface area contributed by atoms with Crippen molar-refractivity contribution < 1.29 is 14.6 Å². The minimum absolute atomic E-state index is 0.00506. The second kappa shape index (κ2) is 5.59. The zero-order chi connectivity index (χ0) is 14.7. The molecule has 0 aliphatic carbocycles. The number of ether oxygens (including phenoxy) is 1. The maximum Gasteiger partial charge on any atom is 0.360 e. The highest BCUT2D eigenvalue weighted by atomic mass is 35.5. The first-order valence-electron chi connectivity index (χ1n) is 5.55. The Labute approximate surface area is 120 Å². The Balaban J connectivity index is 2.64. The largest absolute Gasteiger partial charge is 0.505 e. The number of hydrogen-bond donors (Lipinski definition) is 1. The molecule has 20 heavy (non-hydrogen) atoms. The van der Waals surface area contributed by atoms with E-state index in [2.05, 4.69) is 9.72 Å². The SMILES string of the molecule is COC(=O)c1nc(C#N)c(-c2cccc(Cl)c2)cc1O. The molecule has 0 spiro atoms. The molecule has 0 saturated heterocycles. The molecule has 0 radical (unpaired) electrons. The molecule has 1 heterocycles. The third-order valence-corrected chi connectivity index (χ3v) is 2.86. The van der Waals surface area contributed by atoms with Gasteiger partial charge in [0.25, 0.3) is 0 Å². The molecule has 2 aromatic rings. The van der Waals surface area contributed by atoms with Crippen LogP contribution in [0.15, 0.2) is 30.3 Å². The topological polar surface area (TPSA) is 83.2 Å². The van der Waals surface area contributed by atoms with E-state index >= 15 is 0 Å². The predicted octanol–water partition coefficient (Wildman–Crippen LogP) is 2.77. The van der Waals surface area contributed by atoms with Gasteiger partial charge in [-0.1, -0.05) is 23.7 Å². The van der Waals surface area contributed by atoms with Crippen LogP contribution in [-0.2, 0) is 4.74 Å². The molecule has 2 rings (SSSR count). The first-order valence-corrected chi connectivity index (χ1v) is 5.93. The molecule has 100 valence electrons. The summed E-state index contributed by atoms with van der Waals surface area (Å²) >= 11 is 5.89. The van der Waals surface area contributed by atoms with Crippen molar-refractivity contribution >= 4 is 17.6 Å². The molecule has 0 saturated carbocycles. The van der Waals surface area contributed by atoms with Gasteiger partial charge in [0.05, 0.1) is 7.11 Å². The van der Waals surface area contributed by atoms with Gasteiger partial charge in [-0.3, -0.25) is 0 Å². The fraction of sp³-hybridized carbons (Fsp3) is 0.0714. The van der Waals surface area contributed by atoms with E-state index in [1.54, 1.807) is 24.3 Å². The summed E-state index contributed by atoms with van der Waals surface area (Å²) in [5.74, 6) is -1.16. The lowest BCUT2D eigenvalue weighted by Crippen LogP contribution is -2.06. The fourth-order valence-corrected chi connectivity index (χ4v) is 1.90. The van der Waals surface area contributed by atoms with Crippen LogP contribution >= 0.6 is 11.6 Å². The van der Waals surface area contributed by atoms with Crippen LogP contribution in [0.2, 0.25) is 5.02 Å². The summed E-state index contributed by atoms with van der Waals surface area (Å²) in [5.41, 5.74) is 0.716. The highest BCUT2D eigenvalue weighted by Crippen LogP contribution is 2.29. The van der Waals surface area contributed by atoms with E-state index in [0.717, 1.165) is 0 Å². The molecule has 0 atom stereocenters. The molecule has 0 aliphatic rings. The lowest BCUT2D eigenvalue weighted by Gasteiger charge is -2.08. The van der Waals surface area contributed by atoms with E-state index in [1.165, 1.54) is 13.2 Å². The number of benzene rings is 1. The van der Waals surface area contributed by atoms with Crippen molar-refractivity contribution in [1.82, 2.24) is 4.98 Å². The van der Waals surface area contributed by atoms with Gasteiger partial charge in [-0.25, -0.2) is 9.78 Å². The van der Waals surface area contributed by atoms with Crippen LogP contribution in [0.5, 0.6) is 5.75 Å². The normalized spacial score (nSPS) is 9.85. The molecule has 0 unspecified atom stereocenters. The number of carbonyl (C=O) groups excluding carboxylic acids is 1. The smallest absolute Gasteiger partial charge is 0.360 e. The molecule has 1 N–H and O–H groups in total. The van der Waals surface area contributed by atoms with E-state index in [-0.39, 0.29) is 17.1 Å². The second-order valence-corrected chi connectivity index (χ2v) is 4.30. The summed E-state index contributed by atoms with van der Waals surface area (Å²) in [5, 5.41) is 19.5. The maximum atomic E-state index is 11.4. The number of aromatic nitrogens is 1. The summed E-state index contributed by atoms with van der Waals surface area (Å²) in [6.45, 7) is 0. The van der Waals surface area contributed by atoms with Crippen LogP contribution in [0, 0.1) is 11.3 Å². The molecule has 1 aromatic heterocycles. The molecule has 0 fully saturated rings. The van der Waals surface area contributed by atoms with Crippen LogP contribution < -0.4 is 0 Å². The first kappa shape index (κ1) is 13.8. The number of pyridine rings is 1. The molecule has 0 aliphatic heterocycles. The van der Waals surface area contributed by atoms with Crippen LogP contribution in [0.1, 0.15) is 16.2 Å². The quantitative estimate of drug-likeness (QED) is 0.859. The highest BCUT2D eigenvalue weighted by molar-refractivity contribution is 6.30. The van der Waals surface area contributed by atoms with Gasteiger partial charge in [-0.2, -0.15) is 5.26 Å². The Morgan fingerprint density at radius 2 is 2.20 bits per heavy atom. The molecule has 5 nitrogen and oxygen atoms in total. The van der Waals surface area contributed by atoms with Crippen molar-refractivity contribution in [2.45, 2.75) is 0 Å². The Kier molecular flexibility index (Phi) is 3.87. The summed E-state index contributed by atoms with van der Waals surface area (Å²) in [6, 6.07) is 9.94. The molecule has 0 bridgehead atoms. The molecule has 0 amide bonds. The first-order chi connectivity index (χ1) is 9.56. The summed E-state index contributed by atoms with van der Waals surface area (Å²) < 4.78 is 4.49. The number of halogens is 1. The third-order valence-electron chi connectivity index (χ3n) is 2.62. The van der Waals surface area contributed by atoms with Gasteiger partial charge in [0.1, 0.15) is 17.5 Å². The molecule has 6 heteroatoms. The van der Waals surface area contributed by atoms with Crippen molar-refractivity contribution in [3.8, 4) is 22.9 Å². The average molecular weight is 289 g/mol. The van der Waals surface area contributed by atoms with E-state index in [4.69, 9.17) is 16.9 Å².